The van der Waals surface area contributed by atoms with Crippen molar-refractivity contribution in [2.45, 2.75) is 20.8 Å². The van der Waals surface area contributed by atoms with Crippen LogP contribution < -0.4 is 15.6 Å². The minimum absolute atomic E-state index is 1.16. The third-order valence-corrected chi connectivity index (χ3v) is 16.9. The Hall–Kier alpha value is -6.51. The summed E-state index contributed by atoms with van der Waals surface area (Å²) in [5, 5.41) is 3.52. The van der Waals surface area contributed by atoms with Crippen molar-refractivity contribution in [3.05, 3.63) is 235 Å². The van der Waals surface area contributed by atoms with Gasteiger partial charge in [-0.15, -0.1) is 11.1 Å². The van der Waals surface area contributed by atoms with Crippen molar-refractivity contribution in [2.24, 2.45) is 0 Å². The number of halogens is 1. The summed E-state index contributed by atoms with van der Waals surface area (Å²) in [4.78, 5) is 0. The van der Waals surface area contributed by atoms with Crippen LogP contribution in [0.25, 0.3) is 66.8 Å². The Morgan fingerprint density at radius 2 is 0.458 bits per heavy atom. The van der Waals surface area contributed by atoms with E-state index in [0.29, 0.717) is 0 Å². The fourth-order valence-electron chi connectivity index (χ4n) is 8.97. The van der Waals surface area contributed by atoms with Gasteiger partial charge in [-0.25, -0.2) is 0 Å². The van der Waals surface area contributed by atoms with Crippen LogP contribution in [-0.4, -0.2) is 7.38 Å². The van der Waals surface area contributed by atoms with Crippen LogP contribution in [0, 0.1) is 20.8 Å². The Morgan fingerprint density at radius 3 is 0.678 bits per heavy atom. The van der Waals surface area contributed by atoms with Crippen LogP contribution in [0.4, 0.5) is 0 Å². The minimum atomic E-state index is -3.67. The molecule has 0 N–H and O–H groups in total. The Bertz CT molecular complexity index is 2550. The first-order valence-corrected chi connectivity index (χ1v) is 23.4. The van der Waals surface area contributed by atoms with Gasteiger partial charge in [0.1, 0.15) is 0 Å². The summed E-state index contributed by atoms with van der Waals surface area (Å²) >= 11 is 9.31. The molecule has 2 heteroatoms. The molecule has 0 radical (unpaired) electrons. The van der Waals surface area contributed by atoms with Gasteiger partial charge < -0.3 is 0 Å². The predicted molar refractivity (Wildman–Crippen MR) is 257 cm³/mol. The SMILES string of the molecule is Cc1cc(-c2ccccc2)cc([Si](Cl)(c2cc(-c3ccccc3)cc(C)c2-c2ccccc2)c2cc(-c3ccccc3)cc(C)c2-c2ccccc2)c1-c1ccccc1. The second-order valence-corrected chi connectivity index (χ2v) is 20.1. The van der Waals surface area contributed by atoms with Gasteiger partial charge in [-0.2, -0.15) is 0 Å². The minimum Gasteiger partial charge on any atom is -0.149 e. The summed E-state index contributed by atoms with van der Waals surface area (Å²) in [5.41, 5.74) is 17.6. The average Bonchev–Trinajstić information content (AvgIpc) is 3.29. The highest BCUT2D eigenvalue weighted by atomic mass is 35.6. The lowest BCUT2D eigenvalue weighted by Crippen LogP contribution is -2.65. The molecule has 9 aromatic carbocycles. The first kappa shape index (κ1) is 38.0. The van der Waals surface area contributed by atoms with E-state index in [0.717, 1.165) is 33.4 Å². The van der Waals surface area contributed by atoms with E-state index in [-0.39, 0.29) is 0 Å². The molecule has 0 spiro atoms. The highest BCUT2D eigenvalue weighted by molar-refractivity contribution is 7.41. The molecule has 0 nitrogen and oxygen atoms in total. The Labute approximate surface area is 354 Å². The molecule has 284 valence electrons. The molecule has 0 aliphatic carbocycles. The monoisotopic (exact) mass is 792 g/mol. The summed E-state index contributed by atoms with van der Waals surface area (Å²) in [6.07, 6.45) is 0. The standard InChI is InChI=1S/C57H45ClSi/c1-40-34-49(43-22-10-4-11-23-43)37-52(55(40)46-28-16-7-17-29-46)59(58,53-38-50(44-24-12-5-13-25-44)35-41(2)56(53)47-30-18-8-19-31-47)54-39-51(45-26-14-6-15-27-45)36-42(3)57(54)48-32-20-9-21-33-48/h4-39H,1-3H3. The van der Waals surface area contributed by atoms with Gasteiger partial charge >= 0.3 is 0 Å². The van der Waals surface area contributed by atoms with Crippen LogP contribution >= 0.6 is 11.1 Å². The number of rotatable bonds is 9. The molecule has 0 aromatic heterocycles. The molecule has 0 saturated carbocycles. The van der Waals surface area contributed by atoms with Crippen molar-refractivity contribution in [1.82, 2.24) is 0 Å². The maximum Gasteiger partial charge on any atom is 0.249 e. The smallest absolute Gasteiger partial charge is 0.149 e. The molecule has 0 fully saturated rings. The van der Waals surface area contributed by atoms with Gasteiger partial charge in [-0.3, -0.25) is 0 Å². The maximum atomic E-state index is 9.31. The first-order chi connectivity index (χ1) is 28.9. The van der Waals surface area contributed by atoms with Crippen molar-refractivity contribution in [1.29, 1.82) is 0 Å². The zero-order valence-electron chi connectivity index (χ0n) is 33.7. The van der Waals surface area contributed by atoms with Crippen molar-refractivity contribution >= 4 is 34.0 Å². The van der Waals surface area contributed by atoms with E-state index >= 15 is 0 Å². The fraction of sp³-hybridized carbons (Fsp3) is 0.0526. The topological polar surface area (TPSA) is 0 Å². The van der Waals surface area contributed by atoms with Gasteiger partial charge in [0, 0.05) is 0 Å². The zero-order chi connectivity index (χ0) is 40.3. The molecule has 0 bridgehead atoms. The van der Waals surface area contributed by atoms with Crippen LogP contribution in [-0.2, 0) is 0 Å². The average molecular weight is 794 g/mol. The van der Waals surface area contributed by atoms with Crippen LogP contribution in [0.2, 0.25) is 0 Å². The molecule has 0 atom stereocenters. The second kappa shape index (κ2) is 16.4. The molecule has 0 amide bonds. The second-order valence-electron chi connectivity index (χ2n) is 15.5. The fourth-order valence-corrected chi connectivity index (χ4v) is 14.3. The zero-order valence-corrected chi connectivity index (χ0v) is 35.4. The Balaban J connectivity index is 1.52. The lowest BCUT2D eigenvalue weighted by atomic mass is 9.95. The number of hydrogen-bond acceptors (Lipinski definition) is 0. The van der Waals surface area contributed by atoms with E-state index in [1.54, 1.807) is 0 Å². The van der Waals surface area contributed by atoms with Crippen molar-refractivity contribution in [2.75, 3.05) is 0 Å². The summed E-state index contributed by atoms with van der Waals surface area (Å²) in [6, 6.07) is 79.3. The molecule has 9 aromatic rings. The molecule has 0 aliphatic heterocycles. The quantitative estimate of drug-likeness (QED) is 0.0776. The van der Waals surface area contributed by atoms with Crippen molar-refractivity contribution in [3.63, 3.8) is 0 Å². The van der Waals surface area contributed by atoms with Crippen LogP contribution in [0.5, 0.6) is 0 Å². The summed E-state index contributed by atoms with van der Waals surface area (Å²) in [6.45, 7) is 6.78. The van der Waals surface area contributed by atoms with Gasteiger partial charge in [-0.1, -0.05) is 218 Å². The van der Waals surface area contributed by atoms with E-state index in [1.807, 2.05) is 0 Å². The molecule has 0 heterocycles. The van der Waals surface area contributed by atoms with Crippen LogP contribution in [0.15, 0.2) is 218 Å². The molecular weight excluding hydrogens is 748 g/mol. The molecule has 0 aliphatic rings. The van der Waals surface area contributed by atoms with Gasteiger partial charge in [0.15, 0.2) is 0 Å². The molecule has 59 heavy (non-hydrogen) atoms. The maximum absolute atomic E-state index is 9.31. The lowest BCUT2D eigenvalue weighted by molar-refractivity contribution is 1.45. The van der Waals surface area contributed by atoms with E-state index in [4.69, 9.17) is 0 Å². The third kappa shape index (κ3) is 7.29. The third-order valence-electron chi connectivity index (χ3n) is 11.6. The molecule has 0 unspecified atom stereocenters. The van der Waals surface area contributed by atoms with E-state index < -0.39 is 7.38 Å². The predicted octanol–water partition coefficient (Wildman–Crippen LogP) is 13.8. The highest BCUT2D eigenvalue weighted by Crippen LogP contribution is 2.38. The Kier molecular flexibility index (Phi) is 10.6. The molecule has 9 rings (SSSR count). The van der Waals surface area contributed by atoms with E-state index in [9.17, 15) is 11.1 Å². The normalized spacial score (nSPS) is 11.4. The number of benzene rings is 9. The first-order valence-electron chi connectivity index (χ1n) is 20.4. The summed E-state index contributed by atoms with van der Waals surface area (Å²) in [7, 11) is -3.67. The van der Waals surface area contributed by atoms with E-state index in [1.165, 1.54) is 65.6 Å². The van der Waals surface area contributed by atoms with Crippen molar-refractivity contribution in [3.8, 4) is 66.8 Å². The van der Waals surface area contributed by atoms with E-state index in [2.05, 4.69) is 239 Å². The molecule has 0 saturated heterocycles. The van der Waals surface area contributed by atoms with Crippen molar-refractivity contribution < 1.29 is 0 Å². The number of aryl methyl sites for hydroxylation is 3. The van der Waals surface area contributed by atoms with Gasteiger partial charge in [-0.05, 0) is 120 Å². The summed E-state index contributed by atoms with van der Waals surface area (Å²) in [5.74, 6) is 0. The highest BCUT2D eigenvalue weighted by Gasteiger charge is 2.45. The molecular formula is C57H45ClSi. The van der Waals surface area contributed by atoms with Gasteiger partial charge in [0.2, 0.25) is 7.38 Å². The Morgan fingerprint density at radius 1 is 0.254 bits per heavy atom. The number of hydrogen-bond donors (Lipinski definition) is 0. The van der Waals surface area contributed by atoms with Gasteiger partial charge in [0.05, 0.1) is 0 Å². The van der Waals surface area contributed by atoms with Crippen LogP contribution in [0.3, 0.4) is 0 Å². The van der Waals surface area contributed by atoms with Crippen LogP contribution in [0.1, 0.15) is 16.7 Å². The largest absolute Gasteiger partial charge is 0.249 e. The van der Waals surface area contributed by atoms with Gasteiger partial charge in [0.25, 0.3) is 0 Å². The summed E-state index contributed by atoms with van der Waals surface area (Å²) < 4.78 is 0. The lowest BCUT2D eigenvalue weighted by Gasteiger charge is -2.35.